The fourth-order valence-electron chi connectivity index (χ4n) is 4.45. The van der Waals surface area contributed by atoms with Gasteiger partial charge in [-0.3, -0.25) is 9.80 Å². The summed E-state index contributed by atoms with van der Waals surface area (Å²) in [7, 11) is 0. The number of aromatic nitrogens is 4. The van der Waals surface area contributed by atoms with Crippen molar-refractivity contribution in [2.24, 2.45) is 0 Å². The van der Waals surface area contributed by atoms with Gasteiger partial charge in [0.25, 0.3) is 0 Å². The predicted octanol–water partition coefficient (Wildman–Crippen LogP) is 2.25. The third-order valence-corrected chi connectivity index (χ3v) is 5.94. The largest absolute Gasteiger partial charge is 0.447 e. The molecule has 0 unspecified atom stereocenters. The predicted molar refractivity (Wildman–Crippen MR) is 109 cm³/mol. The summed E-state index contributed by atoms with van der Waals surface area (Å²) >= 11 is 0. The van der Waals surface area contributed by atoms with Crippen LogP contribution in [0.5, 0.6) is 0 Å². The van der Waals surface area contributed by atoms with Gasteiger partial charge in [0.1, 0.15) is 18.5 Å². The molecule has 1 aromatic carbocycles. The highest BCUT2D eigenvalue weighted by Gasteiger charge is 2.47. The van der Waals surface area contributed by atoms with Gasteiger partial charge in [-0.25, -0.2) is 19.3 Å². The smallest absolute Gasteiger partial charge is 0.415 e. The highest BCUT2D eigenvalue weighted by molar-refractivity contribution is 5.94. The highest BCUT2D eigenvalue weighted by atomic mass is 16.6. The molecular weight excluding hydrogens is 400 g/mol. The van der Waals surface area contributed by atoms with Gasteiger partial charge < -0.3 is 9.47 Å². The van der Waals surface area contributed by atoms with Crippen LogP contribution in [0.25, 0.3) is 11.1 Å². The van der Waals surface area contributed by atoms with Crippen LogP contribution in [0.3, 0.4) is 0 Å². The maximum atomic E-state index is 12.5. The van der Waals surface area contributed by atoms with Crippen molar-refractivity contribution in [2.45, 2.75) is 25.1 Å². The number of pyridine rings is 1. The first-order valence-electron chi connectivity index (χ1n) is 10.0. The number of ether oxygens (including phenoxy) is 2. The molecule has 2 atom stereocenters. The summed E-state index contributed by atoms with van der Waals surface area (Å²) in [5, 5.41) is 7.79. The number of carbonyl (C=O) groups excluding carboxylic acids is 2. The number of hydrogen-bond acceptors (Lipinski definition) is 7. The van der Waals surface area contributed by atoms with Crippen molar-refractivity contribution in [3.8, 4) is 11.1 Å². The Morgan fingerprint density at radius 3 is 2.74 bits per heavy atom. The first-order chi connectivity index (χ1) is 15.2. The lowest BCUT2D eigenvalue weighted by atomic mass is 10.0. The maximum Gasteiger partial charge on any atom is 0.415 e. The number of cyclic esters (lactones) is 2. The van der Waals surface area contributed by atoms with Gasteiger partial charge >= 0.3 is 12.2 Å². The average Bonchev–Trinajstić information content (AvgIpc) is 3.55. The number of hydrogen-bond donors (Lipinski definition) is 0. The van der Waals surface area contributed by atoms with Crippen LogP contribution in [0.1, 0.15) is 5.56 Å². The number of amides is 2. The fraction of sp³-hybridized carbons (Fsp3) is 0.286. The Bertz CT molecular complexity index is 1160. The van der Waals surface area contributed by atoms with Crippen molar-refractivity contribution in [3.63, 3.8) is 0 Å². The molecule has 2 saturated heterocycles. The molecule has 10 heteroatoms. The van der Waals surface area contributed by atoms with E-state index in [1.807, 2.05) is 24.3 Å². The van der Waals surface area contributed by atoms with Crippen molar-refractivity contribution in [1.29, 1.82) is 0 Å². The Balaban J connectivity index is 1.25. The highest BCUT2D eigenvalue weighted by Crippen LogP contribution is 2.41. The molecule has 0 radical (unpaired) electrons. The third kappa shape index (κ3) is 2.90. The number of carbonyl (C=O) groups is 2. The van der Waals surface area contributed by atoms with Crippen molar-refractivity contribution < 1.29 is 19.1 Å². The second-order valence-electron chi connectivity index (χ2n) is 7.70. The van der Waals surface area contributed by atoms with E-state index in [0.29, 0.717) is 31.9 Å². The summed E-state index contributed by atoms with van der Waals surface area (Å²) in [5.74, 6) is 0.576. The molecule has 10 nitrogen and oxygen atoms in total. The summed E-state index contributed by atoms with van der Waals surface area (Å²) in [6, 6.07) is 9.71. The molecule has 0 bridgehead atoms. The van der Waals surface area contributed by atoms with Crippen LogP contribution < -0.4 is 9.80 Å². The van der Waals surface area contributed by atoms with E-state index in [0.717, 1.165) is 22.4 Å². The van der Waals surface area contributed by atoms with Gasteiger partial charge in [-0.05, 0) is 41.8 Å². The van der Waals surface area contributed by atoms with E-state index < -0.39 is 0 Å². The summed E-state index contributed by atoms with van der Waals surface area (Å²) in [5.41, 5.74) is 3.91. The molecule has 0 N–H and O–H groups in total. The minimum atomic E-state index is -0.370. The van der Waals surface area contributed by atoms with E-state index in [-0.39, 0.29) is 24.3 Å². The molecule has 2 amide bonds. The molecule has 3 aromatic rings. The standard InChI is InChI=1S/C21H18N6O4/c28-20-26(7-8-30-20)19-4-2-14(11-22-19)13-1-3-16-15(9-13)10-17-18(31-21(29)27(16)17)12-25-6-5-23-24-25/h1-6,9,11,17-18H,7-8,10,12H2/t17-,18-/m0/s1. The molecule has 31 heavy (non-hydrogen) atoms. The second-order valence-corrected chi connectivity index (χ2v) is 7.70. The van der Waals surface area contributed by atoms with Crippen LogP contribution >= 0.6 is 0 Å². The number of nitrogens with zero attached hydrogens (tertiary/aromatic N) is 6. The minimum absolute atomic E-state index is 0.0661. The fourth-order valence-corrected chi connectivity index (χ4v) is 4.45. The van der Waals surface area contributed by atoms with Gasteiger partial charge in [0.05, 0.1) is 31.0 Å². The molecular formula is C21H18N6O4. The lowest BCUT2D eigenvalue weighted by Gasteiger charge is -2.16. The number of anilines is 2. The Morgan fingerprint density at radius 2 is 2.00 bits per heavy atom. The molecule has 3 aliphatic heterocycles. The van der Waals surface area contributed by atoms with Gasteiger partial charge in [0.2, 0.25) is 0 Å². The van der Waals surface area contributed by atoms with E-state index in [4.69, 9.17) is 9.47 Å². The number of rotatable bonds is 4. The van der Waals surface area contributed by atoms with Gasteiger partial charge in [-0.15, -0.1) is 5.10 Å². The lowest BCUT2D eigenvalue weighted by molar-refractivity contribution is 0.117. The molecule has 0 spiro atoms. The Labute approximate surface area is 177 Å². The molecule has 0 aliphatic carbocycles. The molecule has 3 aliphatic rings. The van der Waals surface area contributed by atoms with Crippen molar-refractivity contribution in [1.82, 2.24) is 20.0 Å². The zero-order chi connectivity index (χ0) is 20.9. The first kappa shape index (κ1) is 17.9. The quantitative estimate of drug-likeness (QED) is 0.640. The van der Waals surface area contributed by atoms with Crippen LogP contribution in [-0.2, 0) is 22.4 Å². The zero-order valence-electron chi connectivity index (χ0n) is 16.4. The van der Waals surface area contributed by atoms with Gasteiger partial charge in [0, 0.05) is 18.0 Å². The topological polar surface area (TPSA) is 103 Å². The van der Waals surface area contributed by atoms with Gasteiger partial charge in [0.15, 0.2) is 0 Å². The molecule has 6 rings (SSSR count). The molecule has 2 aromatic heterocycles. The second kappa shape index (κ2) is 6.79. The molecule has 2 fully saturated rings. The van der Waals surface area contributed by atoms with Crippen LogP contribution in [0.2, 0.25) is 0 Å². The van der Waals surface area contributed by atoms with E-state index in [1.54, 1.807) is 28.2 Å². The van der Waals surface area contributed by atoms with Crippen molar-refractivity contribution in [2.75, 3.05) is 23.0 Å². The van der Waals surface area contributed by atoms with Gasteiger partial charge in [-0.2, -0.15) is 0 Å². The summed E-state index contributed by atoms with van der Waals surface area (Å²) < 4.78 is 12.2. The van der Waals surface area contributed by atoms with E-state index in [2.05, 4.69) is 21.4 Å². The van der Waals surface area contributed by atoms with Crippen molar-refractivity contribution in [3.05, 3.63) is 54.5 Å². The lowest BCUT2D eigenvalue weighted by Crippen LogP contribution is -2.35. The normalized spacial score (nSPS) is 21.8. The Kier molecular flexibility index (Phi) is 3.92. The number of fused-ring (bicyclic) bond motifs is 3. The van der Waals surface area contributed by atoms with Crippen molar-refractivity contribution >= 4 is 23.7 Å². The monoisotopic (exact) mass is 418 g/mol. The van der Waals surface area contributed by atoms with E-state index in [1.165, 1.54) is 4.90 Å². The molecule has 5 heterocycles. The van der Waals surface area contributed by atoms with Crippen LogP contribution in [0.15, 0.2) is 48.9 Å². The average molecular weight is 418 g/mol. The summed E-state index contributed by atoms with van der Waals surface area (Å²) in [4.78, 5) is 31.9. The van der Waals surface area contributed by atoms with Gasteiger partial charge in [-0.1, -0.05) is 11.3 Å². The van der Waals surface area contributed by atoms with Crippen LogP contribution in [0.4, 0.5) is 21.1 Å². The van der Waals surface area contributed by atoms with Crippen LogP contribution in [0, 0.1) is 0 Å². The Hall–Kier alpha value is -3.95. The maximum absolute atomic E-state index is 12.5. The SMILES string of the molecule is O=C1OCCN1c1ccc(-c2ccc3c(c2)C[C@H]2[C@H](Cn4ccnn4)OC(=O)N32)cn1. The number of benzene rings is 1. The van der Waals surface area contributed by atoms with E-state index in [9.17, 15) is 9.59 Å². The summed E-state index contributed by atoms with van der Waals surface area (Å²) in [6.45, 7) is 1.36. The zero-order valence-corrected chi connectivity index (χ0v) is 16.4. The molecule has 156 valence electrons. The summed E-state index contributed by atoms with van der Waals surface area (Å²) in [6.07, 6.45) is 4.84. The van der Waals surface area contributed by atoms with E-state index >= 15 is 0 Å². The third-order valence-electron chi connectivity index (χ3n) is 5.94. The minimum Gasteiger partial charge on any atom is -0.447 e. The molecule has 0 saturated carbocycles. The Morgan fingerprint density at radius 1 is 1.10 bits per heavy atom. The van der Waals surface area contributed by atoms with Crippen LogP contribution in [-0.4, -0.2) is 57.5 Å². The first-order valence-corrected chi connectivity index (χ1v) is 10.0.